The summed E-state index contributed by atoms with van der Waals surface area (Å²) >= 11 is 0. The lowest BCUT2D eigenvalue weighted by Gasteiger charge is -2.03. The van der Waals surface area contributed by atoms with Crippen LogP contribution < -0.4 is 11.5 Å². The topological polar surface area (TPSA) is 86.2 Å². The number of amides is 2. The molecule has 0 aliphatic carbocycles. The van der Waals surface area contributed by atoms with E-state index in [1.54, 1.807) is 6.08 Å². The van der Waals surface area contributed by atoms with Crippen LogP contribution in [0.5, 0.6) is 0 Å². The number of primary amides is 2. The number of carbonyl (C=O) groups excluding carboxylic acids is 2. The lowest BCUT2D eigenvalue weighted by molar-refractivity contribution is -0.119. The van der Waals surface area contributed by atoms with Crippen LogP contribution in [-0.2, 0) is 9.59 Å². The fourth-order valence-corrected chi connectivity index (χ4v) is 6.76. The van der Waals surface area contributed by atoms with Gasteiger partial charge in [0.25, 0.3) is 0 Å². The van der Waals surface area contributed by atoms with Crippen molar-refractivity contribution in [3.63, 3.8) is 0 Å². The minimum atomic E-state index is -0.151. The van der Waals surface area contributed by atoms with Gasteiger partial charge < -0.3 is 11.5 Å². The first-order valence-corrected chi connectivity index (χ1v) is 23.1. The van der Waals surface area contributed by atoms with Crippen molar-refractivity contribution in [2.45, 2.75) is 278 Å². The van der Waals surface area contributed by atoms with E-state index in [1.165, 1.54) is 231 Å². The number of unbranched alkanes of at least 4 members (excludes halogenated alkanes) is 36. The molecule has 4 nitrogen and oxygen atoms in total. The van der Waals surface area contributed by atoms with Crippen molar-refractivity contribution in [3.8, 4) is 0 Å². The van der Waals surface area contributed by atoms with Crippen LogP contribution in [0.3, 0.4) is 0 Å². The molecular formula is C47H96N2O2. The monoisotopic (exact) mass is 721 g/mol. The number of nitrogens with two attached hydrogens (primary N) is 2. The van der Waals surface area contributed by atoms with Crippen molar-refractivity contribution < 1.29 is 9.59 Å². The highest BCUT2D eigenvalue weighted by Gasteiger charge is 1.98. The molecule has 0 spiro atoms. The van der Waals surface area contributed by atoms with Crippen LogP contribution in [0.2, 0.25) is 0 Å². The van der Waals surface area contributed by atoms with E-state index in [1.807, 2.05) is 6.92 Å². The van der Waals surface area contributed by atoms with Gasteiger partial charge in [0.05, 0.1) is 0 Å². The lowest BCUT2D eigenvalue weighted by Crippen LogP contribution is -2.09. The maximum atomic E-state index is 10.6. The van der Waals surface area contributed by atoms with Gasteiger partial charge in [0.2, 0.25) is 11.8 Å². The predicted octanol–water partition coefficient (Wildman–Crippen LogP) is 15.8. The summed E-state index contributed by atoms with van der Waals surface area (Å²) in [6, 6.07) is 0. The number of allylic oxidation sites excluding steroid dienone is 1. The molecule has 0 aromatic heterocycles. The summed E-state index contributed by atoms with van der Waals surface area (Å²) in [4.78, 5) is 21.2. The Morgan fingerprint density at radius 3 is 0.569 bits per heavy atom. The molecule has 0 aromatic carbocycles. The molecule has 0 heterocycles. The Bertz CT molecular complexity index is 598. The van der Waals surface area contributed by atoms with Gasteiger partial charge in [-0.15, -0.1) is 6.58 Å². The van der Waals surface area contributed by atoms with Crippen molar-refractivity contribution >= 4 is 11.8 Å². The summed E-state index contributed by atoms with van der Waals surface area (Å²) in [5, 5.41) is 0. The molecule has 306 valence electrons. The second-order valence-corrected chi connectivity index (χ2v) is 15.6. The SMILES string of the molecule is C=CC.CCCCCCCCCCCCCCCCCCCCCC(N)=O.CCCCCCCCCCCCCCCCCCCCCC(N)=O. The Labute approximate surface area is 322 Å². The van der Waals surface area contributed by atoms with Gasteiger partial charge in [0, 0.05) is 12.8 Å². The summed E-state index contributed by atoms with van der Waals surface area (Å²) in [6.45, 7) is 9.82. The maximum Gasteiger partial charge on any atom is 0.217 e. The van der Waals surface area contributed by atoms with Gasteiger partial charge in [0.15, 0.2) is 0 Å². The predicted molar refractivity (Wildman–Crippen MR) is 230 cm³/mol. The number of rotatable bonds is 40. The average molecular weight is 721 g/mol. The summed E-state index contributed by atoms with van der Waals surface area (Å²) in [5.41, 5.74) is 10.3. The molecular weight excluding hydrogens is 625 g/mol. The molecule has 0 radical (unpaired) electrons. The molecule has 0 aliphatic heterocycles. The van der Waals surface area contributed by atoms with E-state index in [-0.39, 0.29) is 11.8 Å². The van der Waals surface area contributed by atoms with Crippen molar-refractivity contribution in [1.82, 2.24) is 0 Å². The largest absolute Gasteiger partial charge is 0.370 e. The van der Waals surface area contributed by atoms with Crippen LogP contribution in [0.1, 0.15) is 278 Å². The third-order valence-electron chi connectivity index (χ3n) is 10.1. The van der Waals surface area contributed by atoms with E-state index in [9.17, 15) is 9.59 Å². The molecule has 4 heteroatoms. The third kappa shape index (κ3) is 64.1. The molecule has 0 saturated heterocycles. The van der Waals surface area contributed by atoms with Gasteiger partial charge in [-0.3, -0.25) is 9.59 Å². The fourth-order valence-electron chi connectivity index (χ4n) is 6.76. The van der Waals surface area contributed by atoms with Crippen molar-refractivity contribution in [2.75, 3.05) is 0 Å². The molecule has 0 unspecified atom stereocenters. The van der Waals surface area contributed by atoms with Crippen LogP contribution in [0.4, 0.5) is 0 Å². The van der Waals surface area contributed by atoms with E-state index >= 15 is 0 Å². The molecule has 0 fully saturated rings. The maximum absolute atomic E-state index is 10.6. The van der Waals surface area contributed by atoms with Gasteiger partial charge in [0.1, 0.15) is 0 Å². The highest BCUT2D eigenvalue weighted by atomic mass is 16.1. The first kappa shape index (κ1) is 54.0. The molecule has 0 bridgehead atoms. The zero-order valence-electron chi connectivity index (χ0n) is 35.5. The molecule has 2 amide bonds. The van der Waals surface area contributed by atoms with Gasteiger partial charge in [-0.1, -0.05) is 251 Å². The second-order valence-electron chi connectivity index (χ2n) is 15.6. The Balaban J connectivity index is -0.000000838. The zero-order chi connectivity index (χ0) is 38.1. The van der Waals surface area contributed by atoms with Gasteiger partial charge in [-0.2, -0.15) is 0 Å². The molecule has 0 saturated carbocycles. The van der Waals surface area contributed by atoms with Crippen LogP contribution in [-0.4, -0.2) is 11.8 Å². The summed E-state index contributed by atoms with van der Waals surface area (Å²) in [7, 11) is 0. The van der Waals surface area contributed by atoms with E-state index in [2.05, 4.69) is 20.4 Å². The third-order valence-corrected chi connectivity index (χ3v) is 10.1. The first-order chi connectivity index (χ1) is 25.0. The molecule has 4 N–H and O–H groups in total. The highest BCUT2D eigenvalue weighted by molar-refractivity contribution is 5.73. The summed E-state index contributed by atoms with van der Waals surface area (Å²) in [6.07, 6.45) is 55.3. The number of hydrogen-bond acceptors (Lipinski definition) is 2. The summed E-state index contributed by atoms with van der Waals surface area (Å²) < 4.78 is 0. The van der Waals surface area contributed by atoms with Gasteiger partial charge in [-0.25, -0.2) is 0 Å². The van der Waals surface area contributed by atoms with Gasteiger partial charge >= 0.3 is 0 Å². The molecule has 0 rings (SSSR count). The smallest absolute Gasteiger partial charge is 0.217 e. The minimum absolute atomic E-state index is 0.151. The average Bonchev–Trinajstić information content (AvgIpc) is 3.10. The van der Waals surface area contributed by atoms with E-state index in [4.69, 9.17) is 11.5 Å². The van der Waals surface area contributed by atoms with E-state index < -0.39 is 0 Å². The Hall–Kier alpha value is -1.32. The molecule has 51 heavy (non-hydrogen) atoms. The fraction of sp³-hybridized carbons (Fsp3) is 0.915. The second kappa shape index (κ2) is 53.0. The minimum Gasteiger partial charge on any atom is -0.370 e. The lowest BCUT2D eigenvalue weighted by atomic mass is 10.0. The Morgan fingerprint density at radius 2 is 0.451 bits per heavy atom. The molecule has 0 aromatic rings. The van der Waals surface area contributed by atoms with E-state index in [0.29, 0.717) is 12.8 Å². The van der Waals surface area contributed by atoms with E-state index in [0.717, 1.165) is 12.8 Å². The molecule has 0 atom stereocenters. The number of hydrogen-bond donors (Lipinski definition) is 2. The standard InChI is InChI=1S/2C22H45NO.C3H6/c2*1-2-3-4-5-6-7-8-9-10-11-12-13-14-15-16-17-18-19-20-21-22(23)24;1-3-2/h2*2-21H2,1H3,(H2,23,24);3H,1H2,2H3. The van der Waals surface area contributed by atoms with Crippen molar-refractivity contribution in [3.05, 3.63) is 12.7 Å². The highest BCUT2D eigenvalue weighted by Crippen LogP contribution is 2.16. The Kier molecular flexibility index (Phi) is 56.2. The van der Waals surface area contributed by atoms with Crippen LogP contribution in [0.15, 0.2) is 12.7 Å². The number of carbonyl (C=O) groups is 2. The van der Waals surface area contributed by atoms with Gasteiger partial charge in [-0.05, 0) is 19.8 Å². The normalized spacial score (nSPS) is 10.6. The van der Waals surface area contributed by atoms with Crippen LogP contribution >= 0.6 is 0 Å². The van der Waals surface area contributed by atoms with Crippen LogP contribution in [0, 0.1) is 0 Å². The zero-order valence-corrected chi connectivity index (χ0v) is 35.5. The van der Waals surface area contributed by atoms with Crippen molar-refractivity contribution in [1.29, 1.82) is 0 Å². The first-order valence-electron chi connectivity index (χ1n) is 23.1. The molecule has 0 aliphatic rings. The Morgan fingerprint density at radius 1 is 0.333 bits per heavy atom. The quantitative estimate of drug-likeness (QED) is 0.0488. The van der Waals surface area contributed by atoms with Crippen molar-refractivity contribution in [2.24, 2.45) is 11.5 Å². The van der Waals surface area contributed by atoms with Crippen LogP contribution in [0.25, 0.3) is 0 Å². The summed E-state index contributed by atoms with van der Waals surface area (Å²) in [5.74, 6) is -0.302.